The van der Waals surface area contributed by atoms with E-state index in [2.05, 4.69) is 10.3 Å². The number of carbonyl (C=O) groups is 1. The molecule has 1 heterocycles. The Bertz CT molecular complexity index is 652. The number of aromatic nitrogens is 1. The second-order valence-electron chi connectivity index (χ2n) is 4.24. The van der Waals surface area contributed by atoms with Gasteiger partial charge in [0.05, 0.1) is 18.2 Å². The number of nitrogens with one attached hydrogen (secondary N) is 2. The van der Waals surface area contributed by atoms with Crippen molar-refractivity contribution in [1.82, 2.24) is 10.3 Å². The third-order valence-corrected chi connectivity index (χ3v) is 2.78. The van der Waals surface area contributed by atoms with E-state index in [9.17, 15) is 19.8 Å². The van der Waals surface area contributed by atoms with Crippen LogP contribution in [0, 0.1) is 0 Å². The van der Waals surface area contributed by atoms with E-state index in [1.54, 1.807) is 24.3 Å². The van der Waals surface area contributed by atoms with Crippen molar-refractivity contribution >= 4 is 5.91 Å². The largest absolute Gasteiger partial charge is 0.494 e. The van der Waals surface area contributed by atoms with Gasteiger partial charge in [-0.2, -0.15) is 0 Å². The summed E-state index contributed by atoms with van der Waals surface area (Å²) >= 11 is 0. The van der Waals surface area contributed by atoms with Crippen molar-refractivity contribution in [2.75, 3.05) is 6.61 Å². The highest BCUT2D eigenvalue weighted by Crippen LogP contribution is 2.13. The number of hydrogen-bond acceptors (Lipinski definition) is 4. The average molecular weight is 274 g/mol. The summed E-state index contributed by atoms with van der Waals surface area (Å²) in [4.78, 5) is 25.3. The van der Waals surface area contributed by atoms with Crippen molar-refractivity contribution in [3.63, 3.8) is 0 Å². The normalized spacial score (nSPS) is 11.8. The van der Waals surface area contributed by atoms with Crippen LogP contribution < -0.4 is 10.9 Å². The zero-order valence-corrected chi connectivity index (χ0v) is 10.5. The lowest BCUT2D eigenvalue weighted by Gasteiger charge is -2.16. The number of H-pyrrole nitrogens is 1. The van der Waals surface area contributed by atoms with Gasteiger partial charge in [0.25, 0.3) is 11.5 Å². The number of aliphatic hydroxyl groups is 1. The van der Waals surface area contributed by atoms with E-state index < -0.39 is 17.5 Å². The molecule has 0 saturated carbocycles. The molecule has 0 aliphatic heterocycles. The Morgan fingerprint density at radius 1 is 1.25 bits per heavy atom. The standard InChI is InChI=1S/C14H14N2O4/c17-8-11(9-4-2-1-3-5-9)15-14(20)10-6-12(18)16-13(19)7-10/h1-7,11,17H,8H2,(H,15,20)(H2,16,18,19)/t11-/m1/s1. The second kappa shape index (κ2) is 6.03. The van der Waals surface area contributed by atoms with Crippen molar-refractivity contribution in [2.24, 2.45) is 0 Å². The molecule has 104 valence electrons. The highest BCUT2D eigenvalue weighted by atomic mass is 16.3. The van der Waals surface area contributed by atoms with E-state index in [0.717, 1.165) is 17.7 Å². The van der Waals surface area contributed by atoms with Gasteiger partial charge in [-0.25, -0.2) is 0 Å². The Hall–Kier alpha value is -2.60. The van der Waals surface area contributed by atoms with Crippen LogP contribution in [0.4, 0.5) is 0 Å². The quantitative estimate of drug-likeness (QED) is 0.653. The summed E-state index contributed by atoms with van der Waals surface area (Å²) in [6.07, 6.45) is 0. The molecule has 0 fully saturated rings. The molecule has 1 amide bonds. The molecule has 0 bridgehead atoms. The van der Waals surface area contributed by atoms with Crippen molar-refractivity contribution in [1.29, 1.82) is 0 Å². The van der Waals surface area contributed by atoms with Gasteiger partial charge in [0, 0.05) is 12.1 Å². The van der Waals surface area contributed by atoms with E-state index in [4.69, 9.17) is 0 Å². The van der Waals surface area contributed by atoms with Gasteiger partial charge in [0.2, 0.25) is 0 Å². The maximum atomic E-state index is 12.0. The van der Waals surface area contributed by atoms with Gasteiger partial charge >= 0.3 is 0 Å². The van der Waals surface area contributed by atoms with Gasteiger partial charge in [-0.3, -0.25) is 14.6 Å². The van der Waals surface area contributed by atoms with Crippen LogP contribution in [-0.2, 0) is 0 Å². The minimum absolute atomic E-state index is 0.0284. The summed E-state index contributed by atoms with van der Waals surface area (Å²) in [6.45, 7) is -0.273. The SMILES string of the molecule is O=C(N[C@H](CO)c1ccccc1)c1cc(O)[nH]c(=O)c1. The molecule has 0 unspecified atom stereocenters. The third-order valence-electron chi connectivity index (χ3n) is 2.78. The van der Waals surface area contributed by atoms with Crippen LogP contribution in [-0.4, -0.2) is 27.7 Å². The highest BCUT2D eigenvalue weighted by molar-refractivity contribution is 5.94. The molecule has 1 aromatic carbocycles. The zero-order chi connectivity index (χ0) is 14.5. The van der Waals surface area contributed by atoms with Gasteiger partial charge in [0.15, 0.2) is 5.88 Å². The lowest BCUT2D eigenvalue weighted by atomic mass is 10.1. The van der Waals surface area contributed by atoms with Crippen LogP contribution in [0.3, 0.4) is 0 Å². The zero-order valence-electron chi connectivity index (χ0n) is 10.5. The molecule has 0 saturated heterocycles. The van der Waals surface area contributed by atoms with Crippen molar-refractivity contribution in [3.8, 4) is 5.88 Å². The fourth-order valence-corrected chi connectivity index (χ4v) is 1.82. The van der Waals surface area contributed by atoms with E-state index in [0.29, 0.717) is 0 Å². The van der Waals surface area contributed by atoms with E-state index >= 15 is 0 Å². The van der Waals surface area contributed by atoms with Crippen molar-refractivity contribution < 1.29 is 15.0 Å². The second-order valence-corrected chi connectivity index (χ2v) is 4.24. The van der Waals surface area contributed by atoms with Crippen LogP contribution in [0.15, 0.2) is 47.3 Å². The molecule has 2 aromatic rings. The number of carbonyl (C=O) groups excluding carboxylic acids is 1. The summed E-state index contributed by atoms with van der Waals surface area (Å²) in [7, 11) is 0. The molecule has 0 spiro atoms. The van der Waals surface area contributed by atoms with Crippen molar-refractivity contribution in [3.05, 3.63) is 63.9 Å². The number of pyridine rings is 1. The number of hydrogen-bond donors (Lipinski definition) is 4. The molecule has 4 N–H and O–H groups in total. The van der Waals surface area contributed by atoms with Crippen LogP contribution >= 0.6 is 0 Å². The van der Waals surface area contributed by atoms with Crippen LogP contribution in [0.25, 0.3) is 0 Å². The number of benzene rings is 1. The number of rotatable bonds is 4. The monoisotopic (exact) mass is 274 g/mol. The topological polar surface area (TPSA) is 102 Å². The molecule has 1 atom stereocenters. The highest BCUT2D eigenvalue weighted by Gasteiger charge is 2.15. The first-order chi connectivity index (χ1) is 9.60. The lowest BCUT2D eigenvalue weighted by molar-refractivity contribution is 0.0915. The molecule has 20 heavy (non-hydrogen) atoms. The fourth-order valence-electron chi connectivity index (χ4n) is 1.82. The van der Waals surface area contributed by atoms with Gasteiger partial charge in [-0.15, -0.1) is 0 Å². The van der Waals surface area contributed by atoms with Crippen LogP contribution in [0.1, 0.15) is 22.0 Å². The van der Waals surface area contributed by atoms with Gasteiger partial charge in [-0.1, -0.05) is 30.3 Å². The number of aromatic hydroxyl groups is 1. The Morgan fingerprint density at radius 3 is 2.55 bits per heavy atom. The molecule has 6 heteroatoms. The molecule has 0 aliphatic carbocycles. The van der Waals surface area contributed by atoms with Crippen molar-refractivity contribution in [2.45, 2.75) is 6.04 Å². The minimum Gasteiger partial charge on any atom is -0.494 e. The lowest BCUT2D eigenvalue weighted by Crippen LogP contribution is -2.31. The summed E-state index contributed by atoms with van der Waals surface area (Å²) < 4.78 is 0. The molecular formula is C14H14N2O4. The molecule has 2 rings (SSSR count). The first-order valence-corrected chi connectivity index (χ1v) is 6.00. The third kappa shape index (κ3) is 3.24. The molecule has 0 radical (unpaired) electrons. The van der Waals surface area contributed by atoms with Gasteiger partial charge in [0.1, 0.15) is 0 Å². The maximum absolute atomic E-state index is 12.0. The van der Waals surface area contributed by atoms with Gasteiger partial charge < -0.3 is 15.5 Å². The van der Waals surface area contributed by atoms with Gasteiger partial charge in [-0.05, 0) is 5.56 Å². The number of aliphatic hydroxyl groups excluding tert-OH is 1. The smallest absolute Gasteiger partial charge is 0.252 e. The number of aromatic amines is 1. The predicted octanol–water partition coefficient (Wildman–Crippen LogP) is 0.544. The number of amides is 1. The Kier molecular flexibility index (Phi) is 4.17. The van der Waals surface area contributed by atoms with E-state index in [1.807, 2.05) is 6.07 Å². The molecular weight excluding hydrogens is 260 g/mol. The van der Waals surface area contributed by atoms with Crippen LogP contribution in [0.5, 0.6) is 5.88 Å². The predicted molar refractivity (Wildman–Crippen MR) is 72.5 cm³/mol. The first kappa shape index (κ1) is 13.8. The molecule has 1 aromatic heterocycles. The summed E-state index contributed by atoms with van der Waals surface area (Å²) in [5.74, 6) is -0.933. The average Bonchev–Trinajstić information content (AvgIpc) is 2.44. The summed E-state index contributed by atoms with van der Waals surface area (Å²) in [6, 6.07) is 10.6. The molecule has 0 aliphatic rings. The Balaban J connectivity index is 2.19. The summed E-state index contributed by atoms with van der Waals surface area (Å²) in [5.41, 5.74) is 0.202. The first-order valence-electron chi connectivity index (χ1n) is 6.00. The summed E-state index contributed by atoms with van der Waals surface area (Å²) in [5, 5.41) is 21.2. The minimum atomic E-state index is -0.579. The maximum Gasteiger partial charge on any atom is 0.252 e. The van der Waals surface area contributed by atoms with Crippen LogP contribution in [0.2, 0.25) is 0 Å². The fraction of sp³-hybridized carbons (Fsp3) is 0.143. The Labute approximate surface area is 114 Å². The van der Waals surface area contributed by atoms with E-state index in [1.165, 1.54) is 0 Å². The van der Waals surface area contributed by atoms with E-state index in [-0.39, 0.29) is 18.1 Å². The molecule has 6 nitrogen and oxygen atoms in total. The Morgan fingerprint density at radius 2 is 1.95 bits per heavy atom.